The SMILES string of the molecule is CCC(=O)N1CCN(c2ccc(N/C=C/c3cc(Br)cc(Br)c3O)cc2)CC1. The minimum Gasteiger partial charge on any atom is -0.506 e. The predicted octanol–water partition coefficient (Wildman–Crippen LogP) is 5.06. The first-order valence-electron chi connectivity index (χ1n) is 9.22. The molecule has 3 rings (SSSR count). The Morgan fingerprint density at radius 1 is 1.14 bits per heavy atom. The Hall–Kier alpha value is -1.99. The van der Waals surface area contributed by atoms with Crippen molar-refractivity contribution < 1.29 is 9.90 Å². The van der Waals surface area contributed by atoms with Crippen LogP contribution in [-0.4, -0.2) is 42.1 Å². The van der Waals surface area contributed by atoms with E-state index in [4.69, 9.17) is 0 Å². The summed E-state index contributed by atoms with van der Waals surface area (Å²) in [5, 5.41) is 13.3. The van der Waals surface area contributed by atoms with E-state index in [2.05, 4.69) is 54.2 Å². The molecule has 0 bridgehead atoms. The molecule has 7 heteroatoms. The van der Waals surface area contributed by atoms with Gasteiger partial charge >= 0.3 is 0 Å². The van der Waals surface area contributed by atoms with Crippen molar-refractivity contribution in [3.63, 3.8) is 0 Å². The lowest BCUT2D eigenvalue weighted by Gasteiger charge is -2.36. The third-order valence-electron chi connectivity index (χ3n) is 4.74. The topological polar surface area (TPSA) is 55.8 Å². The number of carbonyl (C=O) groups excluding carboxylic acids is 1. The molecule has 2 aromatic carbocycles. The fraction of sp³-hybridized carbons (Fsp3) is 0.286. The Balaban J connectivity index is 1.57. The van der Waals surface area contributed by atoms with Crippen LogP contribution in [0.4, 0.5) is 11.4 Å². The summed E-state index contributed by atoms with van der Waals surface area (Å²) in [4.78, 5) is 16.0. The van der Waals surface area contributed by atoms with E-state index < -0.39 is 0 Å². The Morgan fingerprint density at radius 2 is 1.82 bits per heavy atom. The summed E-state index contributed by atoms with van der Waals surface area (Å²) in [6.07, 6.45) is 4.20. The fourth-order valence-electron chi connectivity index (χ4n) is 3.15. The summed E-state index contributed by atoms with van der Waals surface area (Å²) >= 11 is 6.76. The number of piperazine rings is 1. The first kappa shape index (κ1) is 20.7. The highest BCUT2D eigenvalue weighted by Gasteiger charge is 2.19. The van der Waals surface area contributed by atoms with Crippen LogP contribution in [0.15, 0.2) is 51.5 Å². The molecule has 0 aromatic heterocycles. The van der Waals surface area contributed by atoms with Gasteiger partial charge in [-0.1, -0.05) is 22.9 Å². The second-order valence-electron chi connectivity index (χ2n) is 6.57. The fourth-order valence-corrected chi connectivity index (χ4v) is 4.41. The summed E-state index contributed by atoms with van der Waals surface area (Å²) < 4.78 is 1.54. The lowest BCUT2D eigenvalue weighted by atomic mass is 10.2. The van der Waals surface area contributed by atoms with Gasteiger partial charge in [0, 0.05) is 60.2 Å². The van der Waals surface area contributed by atoms with Gasteiger partial charge in [-0.25, -0.2) is 0 Å². The molecule has 0 saturated carbocycles. The van der Waals surface area contributed by atoms with Crippen molar-refractivity contribution in [2.45, 2.75) is 13.3 Å². The highest BCUT2D eigenvalue weighted by Crippen LogP contribution is 2.32. The number of rotatable bonds is 5. The first-order valence-corrected chi connectivity index (χ1v) is 10.8. The van der Waals surface area contributed by atoms with E-state index in [1.807, 2.05) is 36.1 Å². The number of carbonyl (C=O) groups is 1. The molecule has 28 heavy (non-hydrogen) atoms. The number of phenolic OH excluding ortho intramolecular Hbond substituents is 1. The third-order valence-corrected chi connectivity index (χ3v) is 5.80. The molecule has 1 aliphatic rings. The van der Waals surface area contributed by atoms with Crippen LogP contribution >= 0.6 is 31.9 Å². The zero-order valence-corrected chi connectivity index (χ0v) is 18.8. The maximum Gasteiger partial charge on any atom is 0.222 e. The molecule has 1 heterocycles. The van der Waals surface area contributed by atoms with Crippen molar-refractivity contribution in [3.8, 4) is 5.75 Å². The molecule has 0 aliphatic carbocycles. The normalized spacial score (nSPS) is 14.5. The van der Waals surface area contributed by atoms with Crippen molar-refractivity contribution >= 4 is 55.2 Å². The maximum atomic E-state index is 11.8. The molecule has 5 nitrogen and oxygen atoms in total. The monoisotopic (exact) mass is 507 g/mol. The largest absolute Gasteiger partial charge is 0.506 e. The van der Waals surface area contributed by atoms with Gasteiger partial charge in [-0.2, -0.15) is 0 Å². The summed E-state index contributed by atoms with van der Waals surface area (Å²) in [6.45, 7) is 5.18. The number of benzene rings is 2. The number of halogens is 2. The standard InChI is InChI=1S/C21H23Br2N3O2/c1-2-20(27)26-11-9-25(10-12-26)18-5-3-17(4-6-18)24-8-7-15-13-16(22)14-19(23)21(15)28/h3-8,13-14,24,28H,2,9-12H2,1H3/b8-7+. The van der Waals surface area contributed by atoms with Crippen LogP contribution in [0.1, 0.15) is 18.9 Å². The summed E-state index contributed by atoms with van der Waals surface area (Å²) in [5.74, 6) is 0.437. The first-order chi connectivity index (χ1) is 13.5. The quantitative estimate of drug-likeness (QED) is 0.592. The van der Waals surface area contributed by atoms with Gasteiger partial charge in [-0.3, -0.25) is 4.79 Å². The second-order valence-corrected chi connectivity index (χ2v) is 8.34. The highest BCUT2D eigenvalue weighted by molar-refractivity contribution is 9.11. The molecule has 0 atom stereocenters. The number of amides is 1. The molecule has 1 amide bonds. The van der Waals surface area contributed by atoms with E-state index >= 15 is 0 Å². The van der Waals surface area contributed by atoms with Crippen LogP contribution in [-0.2, 0) is 4.79 Å². The van der Waals surface area contributed by atoms with Crippen LogP contribution in [0.3, 0.4) is 0 Å². The van der Waals surface area contributed by atoms with E-state index in [1.54, 1.807) is 12.3 Å². The molecular formula is C21H23Br2N3O2. The van der Waals surface area contributed by atoms with E-state index in [1.165, 1.54) is 0 Å². The minimum atomic E-state index is 0.206. The Kier molecular flexibility index (Phi) is 7.02. The summed E-state index contributed by atoms with van der Waals surface area (Å²) in [6, 6.07) is 11.9. The van der Waals surface area contributed by atoms with Crippen LogP contribution in [0.5, 0.6) is 5.75 Å². The Morgan fingerprint density at radius 3 is 2.46 bits per heavy atom. The number of phenols is 1. The predicted molar refractivity (Wildman–Crippen MR) is 122 cm³/mol. The van der Waals surface area contributed by atoms with Gasteiger partial charge < -0.3 is 20.2 Å². The van der Waals surface area contributed by atoms with Crippen molar-refractivity contribution in [1.82, 2.24) is 4.90 Å². The molecule has 0 radical (unpaired) electrons. The number of aromatic hydroxyl groups is 1. The molecule has 2 N–H and O–H groups in total. The minimum absolute atomic E-state index is 0.206. The van der Waals surface area contributed by atoms with Crippen molar-refractivity contribution in [3.05, 3.63) is 57.1 Å². The number of nitrogens with zero attached hydrogens (tertiary/aromatic N) is 2. The summed E-state index contributed by atoms with van der Waals surface area (Å²) in [7, 11) is 0. The van der Waals surface area contributed by atoms with E-state index in [-0.39, 0.29) is 11.7 Å². The second kappa shape index (κ2) is 9.47. The van der Waals surface area contributed by atoms with Gasteiger partial charge in [0.2, 0.25) is 5.91 Å². The molecule has 1 aliphatic heterocycles. The number of hydrogen-bond donors (Lipinski definition) is 2. The smallest absolute Gasteiger partial charge is 0.222 e. The van der Waals surface area contributed by atoms with Gasteiger partial charge in [0.1, 0.15) is 5.75 Å². The van der Waals surface area contributed by atoms with Gasteiger partial charge in [0.05, 0.1) is 4.47 Å². The number of hydrogen-bond acceptors (Lipinski definition) is 4. The van der Waals surface area contributed by atoms with Gasteiger partial charge in [0.25, 0.3) is 0 Å². The molecule has 2 aromatic rings. The van der Waals surface area contributed by atoms with Gasteiger partial charge in [-0.15, -0.1) is 0 Å². The third kappa shape index (κ3) is 5.08. The maximum absolute atomic E-state index is 11.8. The molecule has 1 saturated heterocycles. The van der Waals surface area contributed by atoms with Crippen LogP contribution in [0, 0.1) is 0 Å². The van der Waals surface area contributed by atoms with Gasteiger partial charge in [-0.05, 0) is 58.4 Å². The average molecular weight is 509 g/mol. The molecule has 0 spiro atoms. The number of anilines is 2. The van der Waals surface area contributed by atoms with Crippen molar-refractivity contribution in [2.24, 2.45) is 0 Å². The zero-order chi connectivity index (χ0) is 20.1. The highest BCUT2D eigenvalue weighted by atomic mass is 79.9. The molecular weight excluding hydrogens is 486 g/mol. The summed E-state index contributed by atoms with van der Waals surface area (Å²) in [5.41, 5.74) is 2.84. The van der Waals surface area contributed by atoms with E-state index in [9.17, 15) is 9.90 Å². The zero-order valence-electron chi connectivity index (χ0n) is 15.7. The molecule has 1 fully saturated rings. The lowest BCUT2D eigenvalue weighted by molar-refractivity contribution is -0.131. The Labute approximate surface area is 182 Å². The lowest BCUT2D eigenvalue weighted by Crippen LogP contribution is -2.48. The van der Waals surface area contributed by atoms with Crippen molar-refractivity contribution in [1.29, 1.82) is 0 Å². The van der Waals surface area contributed by atoms with Crippen molar-refractivity contribution in [2.75, 3.05) is 36.4 Å². The van der Waals surface area contributed by atoms with Crippen LogP contribution in [0.2, 0.25) is 0 Å². The number of nitrogens with one attached hydrogen (secondary N) is 1. The van der Waals surface area contributed by atoms with Gasteiger partial charge in [0.15, 0.2) is 0 Å². The van der Waals surface area contributed by atoms with Crippen LogP contribution in [0.25, 0.3) is 6.08 Å². The van der Waals surface area contributed by atoms with E-state index in [0.29, 0.717) is 16.5 Å². The average Bonchev–Trinajstić information content (AvgIpc) is 2.71. The Bertz CT molecular complexity index is 861. The molecule has 148 valence electrons. The molecule has 0 unspecified atom stereocenters. The van der Waals surface area contributed by atoms with E-state index in [0.717, 1.165) is 42.0 Å². The van der Waals surface area contributed by atoms with Crippen LogP contribution < -0.4 is 10.2 Å².